The summed E-state index contributed by atoms with van der Waals surface area (Å²) in [6.07, 6.45) is 3.62. The second-order valence-corrected chi connectivity index (χ2v) is 7.31. The van der Waals surface area contributed by atoms with E-state index in [1.807, 2.05) is 13.0 Å². The van der Waals surface area contributed by atoms with E-state index in [0.717, 1.165) is 12.1 Å². The van der Waals surface area contributed by atoms with Crippen LogP contribution in [0, 0.1) is 11.7 Å². The lowest BCUT2D eigenvalue weighted by atomic mass is 10.0. The number of hydrogen-bond acceptors (Lipinski definition) is 3. The van der Waals surface area contributed by atoms with Crippen LogP contribution in [0.15, 0.2) is 42.6 Å². The fourth-order valence-corrected chi connectivity index (χ4v) is 3.36. The molecule has 2 unspecified atom stereocenters. The topological polar surface area (TPSA) is 36.4 Å². The number of aliphatic hydroxyl groups excluding tert-OH is 1. The number of alkyl halides is 2. The minimum atomic E-state index is -3.34. The van der Waals surface area contributed by atoms with Crippen LogP contribution in [0.1, 0.15) is 37.9 Å². The van der Waals surface area contributed by atoms with Crippen molar-refractivity contribution in [3.63, 3.8) is 0 Å². The van der Waals surface area contributed by atoms with E-state index in [1.165, 1.54) is 17.2 Å². The van der Waals surface area contributed by atoms with E-state index in [4.69, 9.17) is 11.6 Å². The Balaban J connectivity index is 2.16. The molecule has 0 spiro atoms. The smallest absolute Gasteiger partial charge is 0.273 e. The second-order valence-electron chi connectivity index (χ2n) is 6.87. The average Bonchev–Trinajstić information content (AvgIpc) is 2.73. The number of anilines is 1. The number of nitrogens with zero attached hydrogens (tertiary/aromatic N) is 2. The Morgan fingerprint density at radius 3 is 2.63 bits per heavy atom. The van der Waals surface area contributed by atoms with Crippen molar-refractivity contribution in [3.05, 3.63) is 64.7 Å². The Bertz CT molecular complexity index is 867. The average molecular weight is 397 g/mol. The van der Waals surface area contributed by atoms with Gasteiger partial charge in [-0.3, -0.25) is 4.98 Å². The van der Waals surface area contributed by atoms with E-state index < -0.39 is 23.5 Å². The van der Waals surface area contributed by atoms with Crippen molar-refractivity contribution in [2.24, 2.45) is 5.92 Å². The minimum Gasteiger partial charge on any atom is -0.373 e. The van der Waals surface area contributed by atoms with Crippen molar-refractivity contribution in [3.8, 4) is 0 Å². The summed E-state index contributed by atoms with van der Waals surface area (Å²) in [6.45, 7) is 2.64. The lowest BCUT2D eigenvalue weighted by molar-refractivity contribution is 0.0137. The summed E-state index contributed by atoms with van der Waals surface area (Å²) >= 11 is 6.08. The summed E-state index contributed by atoms with van der Waals surface area (Å²) in [6, 6.07) is 6.71. The van der Waals surface area contributed by atoms with Gasteiger partial charge in [0, 0.05) is 23.8 Å². The summed E-state index contributed by atoms with van der Waals surface area (Å²) in [5.74, 6) is -4.20. The first-order valence-electron chi connectivity index (χ1n) is 8.65. The Morgan fingerprint density at radius 1 is 1.22 bits per heavy atom. The lowest BCUT2D eigenvalue weighted by Crippen LogP contribution is -2.33. The number of aromatic nitrogens is 1. The first-order chi connectivity index (χ1) is 12.7. The molecule has 1 aliphatic rings. The van der Waals surface area contributed by atoms with Crippen molar-refractivity contribution in [2.45, 2.75) is 38.8 Å². The molecule has 1 N–H and O–H groups in total. The number of allylic oxidation sites excluding steroid dienone is 1. The predicted octanol–water partition coefficient (Wildman–Crippen LogP) is 5.58. The van der Waals surface area contributed by atoms with Crippen LogP contribution in [0.4, 0.5) is 18.9 Å². The molecule has 1 aliphatic heterocycles. The van der Waals surface area contributed by atoms with Gasteiger partial charge in [0.1, 0.15) is 12.0 Å². The Morgan fingerprint density at radius 2 is 1.96 bits per heavy atom. The molecule has 144 valence electrons. The fourth-order valence-electron chi connectivity index (χ4n) is 3.20. The van der Waals surface area contributed by atoms with Crippen LogP contribution in [0.2, 0.25) is 5.02 Å². The third kappa shape index (κ3) is 4.28. The highest BCUT2D eigenvalue weighted by atomic mass is 35.5. The van der Waals surface area contributed by atoms with Crippen molar-refractivity contribution >= 4 is 23.0 Å². The zero-order valence-electron chi connectivity index (χ0n) is 15.0. The molecule has 2 heterocycles. The van der Waals surface area contributed by atoms with E-state index in [-0.39, 0.29) is 11.6 Å². The van der Waals surface area contributed by atoms with Crippen molar-refractivity contribution in [2.75, 3.05) is 4.90 Å². The molecule has 3 rings (SSSR count). The molecule has 0 saturated carbocycles. The molecule has 2 aromatic rings. The first kappa shape index (κ1) is 19.7. The van der Waals surface area contributed by atoms with Crippen LogP contribution >= 0.6 is 11.6 Å². The molecule has 0 fully saturated rings. The number of hydrogen-bond donors (Lipinski definition) is 1. The zero-order chi connectivity index (χ0) is 19.8. The van der Waals surface area contributed by atoms with Crippen molar-refractivity contribution in [1.82, 2.24) is 4.98 Å². The number of aliphatic hydroxyl groups is 1. The van der Waals surface area contributed by atoms with Crippen molar-refractivity contribution in [1.29, 1.82) is 0 Å². The molecular formula is C20H20ClF3N2O. The van der Waals surface area contributed by atoms with E-state index in [2.05, 4.69) is 4.98 Å². The van der Waals surface area contributed by atoms with Gasteiger partial charge in [-0.15, -0.1) is 0 Å². The van der Waals surface area contributed by atoms with Gasteiger partial charge < -0.3 is 10.0 Å². The highest BCUT2D eigenvalue weighted by molar-refractivity contribution is 6.30. The Kier molecular flexibility index (Phi) is 5.49. The second kappa shape index (κ2) is 7.52. The van der Waals surface area contributed by atoms with Gasteiger partial charge in [-0.25, -0.2) is 13.2 Å². The molecule has 0 radical (unpaired) electrons. The standard InChI is InChI=1S/C20H20ClF3N2O/c1-12-3-6-19(27)26(18(9-12)17-10-13(21)7-8-25-17)14-4-5-16(22)15(11-14)20(2,23)24/h4-5,7-12,19,27H,3,6H2,1-2H3. The van der Waals surface area contributed by atoms with E-state index in [9.17, 15) is 18.3 Å². The zero-order valence-corrected chi connectivity index (χ0v) is 15.7. The summed E-state index contributed by atoms with van der Waals surface area (Å²) in [5, 5.41) is 11.2. The highest BCUT2D eigenvalue weighted by Crippen LogP contribution is 2.37. The maximum atomic E-state index is 13.9. The summed E-state index contributed by atoms with van der Waals surface area (Å²) < 4.78 is 41.6. The van der Waals surface area contributed by atoms with E-state index in [1.54, 1.807) is 12.1 Å². The van der Waals surface area contributed by atoms with Crippen LogP contribution in [-0.4, -0.2) is 16.3 Å². The van der Waals surface area contributed by atoms with Crippen LogP contribution in [0.3, 0.4) is 0 Å². The first-order valence-corrected chi connectivity index (χ1v) is 9.03. The number of rotatable bonds is 3. The molecule has 0 bridgehead atoms. The van der Waals surface area contributed by atoms with Gasteiger partial charge in [0.25, 0.3) is 5.92 Å². The third-order valence-electron chi connectivity index (χ3n) is 4.57. The van der Waals surface area contributed by atoms with Crippen LogP contribution in [-0.2, 0) is 5.92 Å². The molecule has 0 amide bonds. The maximum Gasteiger partial charge on any atom is 0.273 e. The molecule has 1 aromatic heterocycles. The molecule has 7 heteroatoms. The molecular weight excluding hydrogens is 377 g/mol. The van der Waals surface area contributed by atoms with E-state index >= 15 is 0 Å². The molecule has 0 saturated heterocycles. The number of halogens is 4. The molecule has 0 aliphatic carbocycles. The van der Waals surface area contributed by atoms with E-state index in [0.29, 0.717) is 36.2 Å². The quantitative estimate of drug-likeness (QED) is 0.735. The lowest BCUT2D eigenvalue weighted by Gasteiger charge is -2.31. The van der Waals surface area contributed by atoms with Gasteiger partial charge in [-0.1, -0.05) is 24.6 Å². The number of benzene rings is 1. The normalized spacial score (nSPS) is 21.0. The SMILES string of the molecule is CC1C=C(c2cc(Cl)ccn2)N(c2ccc(F)c(C(C)(F)F)c2)C(O)CC1. The molecule has 27 heavy (non-hydrogen) atoms. The van der Waals surface area contributed by atoms with Gasteiger partial charge in [0.15, 0.2) is 0 Å². The number of pyridine rings is 1. The largest absolute Gasteiger partial charge is 0.373 e. The Labute approximate surface area is 161 Å². The summed E-state index contributed by atoms with van der Waals surface area (Å²) in [5.41, 5.74) is 0.599. The van der Waals surface area contributed by atoms with Gasteiger partial charge >= 0.3 is 0 Å². The molecule has 2 atom stereocenters. The van der Waals surface area contributed by atoms with Crippen LogP contribution in [0.5, 0.6) is 0 Å². The molecule has 3 nitrogen and oxygen atoms in total. The third-order valence-corrected chi connectivity index (χ3v) is 4.80. The van der Waals surface area contributed by atoms with Gasteiger partial charge in [-0.05, 0) is 49.1 Å². The summed E-state index contributed by atoms with van der Waals surface area (Å²) in [4.78, 5) is 5.82. The summed E-state index contributed by atoms with van der Waals surface area (Å²) in [7, 11) is 0. The monoisotopic (exact) mass is 396 g/mol. The van der Waals surface area contributed by atoms with Gasteiger partial charge in [0.2, 0.25) is 0 Å². The Hall–Kier alpha value is -2.05. The van der Waals surface area contributed by atoms with Gasteiger partial charge in [-0.2, -0.15) is 0 Å². The highest BCUT2D eigenvalue weighted by Gasteiger charge is 2.32. The predicted molar refractivity (Wildman–Crippen MR) is 100 cm³/mol. The van der Waals surface area contributed by atoms with Crippen LogP contribution < -0.4 is 4.90 Å². The van der Waals surface area contributed by atoms with Crippen molar-refractivity contribution < 1.29 is 18.3 Å². The fraction of sp³-hybridized carbons (Fsp3) is 0.350. The minimum absolute atomic E-state index is 0.132. The molecule has 1 aromatic carbocycles. The van der Waals surface area contributed by atoms with Crippen LogP contribution in [0.25, 0.3) is 5.70 Å². The maximum absolute atomic E-state index is 13.9. The van der Waals surface area contributed by atoms with Gasteiger partial charge in [0.05, 0.1) is 17.0 Å².